The number of nitrogens with one attached hydrogen (secondary N) is 2. The molecule has 1 heterocycles. The second-order valence-corrected chi connectivity index (χ2v) is 5.67. The summed E-state index contributed by atoms with van der Waals surface area (Å²) >= 11 is 0. The van der Waals surface area contributed by atoms with Crippen LogP contribution in [-0.2, 0) is 0 Å². The molecule has 1 aromatic rings. The Hall–Kier alpha value is -1.58. The topological polar surface area (TPSA) is 42.5 Å². The first kappa shape index (κ1) is 12.5. The van der Waals surface area contributed by atoms with Crippen LogP contribution in [0.15, 0.2) is 12.1 Å². The molecule has 1 fully saturated rings. The van der Waals surface area contributed by atoms with Crippen molar-refractivity contribution in [1.82, 2.24) is 0 Å². The SMILES string of the molecule is COc1cc2c(cc1OC)NCC1(CCCC1)CN2. The summed E-state index contributed by atoms with van der Waals surface area (Å²) in [5.74, 6) is 1.55. The highest BCUT2D eigenvalue weighted by atomic mass is 16.5. The van der Waals surface area contributed by atoms with E-state index >= 15 is 0 Å². The summed E-state index contributed by atoms with van der Waals surface area (Å²) < 4.78 is 10.7. The lowest BCUT2D eigenvalue weighted by atomic mass is 9.86. The molecule has 1 aliphatic carbocycles. The molecule has 0 saturated heterocycles. The second-order valence-electron chi connectivity index (χ2n) is 5.67. The zero-order chi connectivity index (χ0) is 13.3. The Labute approximate surface area is 114 Å². The van der Waals surface area contributed by atoms with E-state index in [0.717, 1.165) is 36.0 Å². The molecule has 2 N–H and O–H groups in total. The summed E-state index contributed by atoms with van der Waals surface area (Å²) in [6.45, 7) is 2.09. The van der Waals surface area contributed by atoms with Crippen LogP contribution in [0.5, 0.6) is 11.5 Å². The van der Waals surface area contributed by atoms with Crippen molar-refractivity contribution in [3.63, 3.8) is 0 Å². The van der Waals surface area contributed by atoms with Crippen molar-refractivity contribution in [2.45, 2.75) is 25.7 Å². The van der Waals surface area contributed by atoms with E-state index in [-0.39, 0.29) is 0 Å². The largest absolute Gasteiger partial charge is 0.493 e. The molecule has 0 amide bonds. The quantitative estimate of drug-likeness (QED) is 0.859. The van der Waals surface area contributed by atoms with Crippen molar-refractivity contribution in [2.24, 2.45) is 5.41 Å². The van der Waals surface area contributed by atoms with Gasteiger partial charge in [0, 0.05) is 30.6 Å². The second kappa shape index (κ2) is 4.83. The van der Waals surface area contributed by atoms with Gasteiger partial charge < -0.3 is 20.1 Å². The molecule has 104 valence electrons. The molecular weight excluding hydrogens is 240 g/mol. The third-order valence-corrected chi connectivity index (χ3v) is 4.50. The Morgan fingerprint density at radius 3 is 1.79 bits per heavy atom. The highest BCUT2D eigenvalue weighted by Gasteiger charge is 2.35. The molecule has 1 saturated carbocycles. The van der Waals surface area contributed by atoms with Crippen molar-refractivity contribution in [1.29, 1.82) is 0 Å². The third-order valence-electron chi connectivity index (χ3n) is 4.50. The summed E-state index contributed by atoms with van der Waals surface area (Å²) in [5, 5.41) is 7.17. The van der Waals surface area contributed by atoms with E-state index in [2.05, 4.69) is 10.6 Å². The summed E-state index contributed by atoms with van der Waals surface area (Å²) in [6, 6.07) is 4.05. The van der Waals surface area contributed by atoms with Crippen LogP contribution < -0.4 is 20.1 Å². The highest BCUT2D eigenvalue weighted by Crippen LogP contribution is 2.43. The van der Waals surface area contributed by atoms with Crippen molar-refractivity contribution >= 4 is 11.4 Å². The smallest absolute Gasteiger partial charge is 0.162 e. The molecule has 19 heavy (non-hydrogen) atoms. The van der Waals surface area contributed by atoms with E-state index in [1.165, 1.54) is 25.7 Å². The van der Waals surface area contributed by atoms with Gasteiger partial charge in [0.1, 0.15) is 0 Å². The van der Waals surface area contributed by atoms with Crippen LogP contribution in [0.2, 0.25) is 0 Å². The average Bonchev–Trinajstić information content (AvgIpc) is 2.84. The predicted molar refractivity (Wildman–Crippen MR) is 77.4 cm³/mol. The van der Waals surface area contributed by atoms with E-state index in [0.29, 0.717) is 5.41 Å². The van der Waals surface area contributed by atoms with E-state index in [4.69, 9.17) is 9.47 Å². The number of methoxy groups -OCH3 is 2. The van der Waals surface area contributed by atoms with Gasteiger partial charge in [-0.05, 0) is 12.8 Å². The first-order valence-electron chi connectivity index (χ1n) is 7.00. The Balaban J connectivity index is 1.89. The molecule has 1 aromatic carbocycles. The third kappa shape index (κ3) is 2.20. The Morgan fingerprint density at radius 1 is 0.895 bits per heavy atom. The van der Waals surface area contributed by atoms with Crippen molar-refractivity contribution in [3.05, 3.63) is 12.1 Å². The molecule has 4 nitrogen and oxygen atoms in total. The van der Waals surface area contributed by atoms with E-state index in [9.17, 15) is 0 Å². The molecular formula is C15H22N2O2. The predicted octanol–water partition coefficient (Wildman–Crippen LogP) is 3.10. The molecule has 3 rings (SSSR count). The summed E-state index contributed by atoms with van der Waals surface area (Å²) in [7, 11) is 3.35. The number of anilines is 2. The molecule has 0 aromatic heterocycles. The zero-order valence-corrected chi connectivity index (χ0v) is 11.7. The van der Waals surface area contributed by atoms with E-state index < -0.39 is 0 Å². The molecule has 1 aliphatic heterocycles. The normalized spacial score (nSPS) is 20.1. The summed E-state index contributed by atoms with van der Waals surface area (Å²) in [6.07, 6.45) is 5.34. The lowest BCUT2D eigenvalue weighted by Crippen LogP contribution is -2.31. The molecule has 1 spiro atoms. The minimum Gasteiger partial charge on any atom is -0.493 e. The molecule has 0 atom stereocenters. The van der Waals surface area contributed by atoms with Crippen molar-refractivity contribution < 1.29 is 9.47 Å². The Kier molecular flexibility index (Phi) is 3.17. The minimum absolute atomic E-state index is 0.416. The minimum atomic E-state index is 0.416. The van der Waals surface area contributed by atoms with E-state index in [1.54, 1.807) is 14.2 Å². The number of ether oxygens (including phenoxy) is 2. The summed E-state index contributed by atoms with van der Waals surface area (Å²) in [4.78, 5) is 0. The maximum absolute atomic E-state index is 5.37. The number of benzene rings is 1. The average molecular weight is 262 g/mol. The van der Waals surface area contributed by atoms with Gasteiger partial charge in [-0.1, -0.05) is 12.8 Å². The van der Waals surface area contributed by atoms with Crippen LogP contribution in [0.4, 0.5) is 11.4 Å². The van der Waals surface area contributed by atoms with Crippen LogP contribution in [0.3, 0.4) is 0 Å². The fourth-order valence-corrected chi connectivity index (χ4v) is 3.28. The number of fused-ring (bicyclic) bond motifs is 1. The first-order chi connectivity index (χ1) is 9.26. The van der Waals surface area contributed by atoms with Gasteiger partial charge >= 0.3 is 0 Å². The van der Waals surface area contributed by atoms with Gasteiger partial charge in [0.2, 0.25) is 0 Å². The maximum atomic E-state index is 5.37. The summed E-state index contributed by atoms with van der Waals surface area (Å²) in [5.41, 5.74) is 2.64. The van der Waals surface area contributed by atoms with Crippen LogP contribution >= 0.6 is 0 Å². The molecule has 0 bridgehead atoms. The molecule has 4 heteroatoms. The molecule has 2 aliphatic rings. The van der Waals surface area contributed by atoms with Gasteiger partial charge in [-0.3, -0.25) is 0 Å². The zero-order valence-electron chi connectivity index (χ0n) is 11.7. The van der Waals surface area contributed by atoms with Gasteiger partial charge in [0.25, 0.3) is 0 Å². The Bertz CT molecular complexity index is 430. The van der Waals surface area contributed by atoms with E-state index in [1.807, 2.05) is 12.1 Å². The van der Waals surface area contributed by atoms with Crippen LogP contribution in [0.1, 0.15) is 25.7 Å². The first-order valence-corrected chi connectivity index (χ1v) is 7.00. The van der Waals surface area contributed by atoms with Crippen molar-refractivity contribution in [2.75, 3.05) is 37.9 Å². The maximum Gasteiger partial charge on any atom is 0.162 e. The highest BCUT2D eigenvalue weighted by molar-refractivity contribution is 5.75. The monoisotopic (exact) mass is 262 g/mol. The van der Waals surface area contributed by atoms with Crippen LogP contribution in [-0.4, -0.2) is 27.3 Å². The van der Waals surface area contributed by atoms with Gasteiger partial charge in [-0.2, -0.15) is 0 Å². The standard InChI is InChI=1S/C15H22N2O2/c1-18-13-7-11-12(8-14(13)19-2)17-10-15(9-16-11)5-3-4-6-15/h7-8,16-17H,3-6,9-10H2,1-2H3. The van der Waals surface area contributed by atoms with Crippen LogP contribution in [0, 0.1) is 5.41 Å². The lowest BCUT2D eigenvalue weighted by molar-refractivity contribution is 0.346. The molecule has 0 radical (unpaired) electrons. The molecule has 0 unspecified atom stereocenters. The van der Waals surface area contributed by atoms with Gasteiger partial charge in [0.05, 0.1) is 25.6 Å². The van der Waals surface area contributed by atoms with Gasteiger partial charge in [-0.25, -0.2) is 0 Å². The fourth-order valence-electron chi connectivity index (χ4n) is 3.28. The number of hydrogen-bond acceptors (Lipinski definition) is 4. The van der Waals surface area contributed by atoms with Gasteiger partial charge in [0.15, 0.2) is 11.5 Å². The Morgan fingerprint density at radius 2 is 1.37 bits per heavy atom. The number of hydrogen-bond donors (Lipinski definition) is 2. The number of rotatable bonds is 2. The van der Waals surface area contributed by atoms with Crippen LogP contribution in [0.25, 0.3) is 0 Å². The van der Waals surface area contributed by atoms with Crippen molar-refractivity contribution in [3.8, 4) is 11.5 Å². The lowest BCUT2D eigenvalue weighted by Gasteiger charge is -2.26. The fraction of sp³-hybridized carbons (Fsp3) is 0.600. The van der Waals surface area contributed by atoms with Gasteiger partial charge in [-0.15, -0.1) is 0 Å².